The molecule has 0 saturated carbocycles. The van der Waals surface area contributed by atoms with E-state index in [0.29, 0.717) is 11.6 Å². The number of benzene rings is 2. The number of halogens is 1. The summed E-state index contributed by atoms with van der Waals surface area (Å²) in [4.78, 5) is 8.07. The molecule has 4 nitrogen and oxygen atoms in total. The molecule has 1 heterocycles. The third kappa shape index (κ3) is 3.33. The molecule has 3 rings (SSSR count). The van der Waals surface area contributed by atoms with Crippen LogP contribution in [0.15, 0.2) is 60.8 Å². The summed E-state index contributed by atoms with van der Waals surface area (Å²) >= 11 is 0. The molecule has 1 aromatic heterocycles. The SMILES string of the molecule is Fc1cnc(Nc2ccccc2)nc1Nc1c[c]ccc1. The van der Waals surface area contributed by atoms with Gasteiger partial charge in [0, 0.05) is 11.4 Å². The summed E-state index contributed by atoms with van der Waals surface area (Å²) in [5, 5.41) is 5.92. The van der Waals surface area contributed by atoms with Gasteiger partial charge in [0.05, 0.1) is 6.20 Å². The minimum Gasteiger partial charge on any atom is -0.338 e. The van der Waals surface area contributed by atoms with Gasteiger partial charge in [-0.05, 0) is 30.3 Å². The highest BCUT2D eigenvalue weighted by Gasteiger charge is 2.07. The molecule has 0 aliphatic heterocycles. The third-order valence-electron chi connectivity index (χ3n) is 2.74. The highest BCUT2D eigenvalue weighted by atomic mass is 19.1. The van der Waals surface area contributed by atoms with E-state index in [1.165, 1.54) is 0 Å². The van der Waals surface area contributed by atoms with Gasteiger partial charge in [0.1, 0.15) is 0 Å². The number of hydrogen-bond acceptors (Lipinski definition) is 4. The van der Waals surface area contributed by atoms with Crippen molar-refractivity contribution in [2.24, 2.45) is 0 Å². The molecule has 0 aliphatic carbocycles. The fraction of sp³-hybridized carbons (Fsp3) is 0. The summed E-state index contributed by atoms with van der Waals surface area (Å²) in [6.07, 6.45) is 1.13. The second-order valence-electron chi connectivity index (χ2n) is 4.30. The Kier molecular flexibility index (Phi) is 3.73. The second-order valence-corrected chi connectivity index (χ2v) is 4.30. The zero-order chi connectivity index (χ0) is 14.5. The van der Waals surface area contributed by atoms with Crippen LogP contribution in [0.3, 0.4) is 0 Å². The predicted octanol–water partition coefficient (Wildman–Crippen LogP) is 3.90. The summed E-state index contributed by atoms with van der Waals surface area (Å²) in [5.74, 6) is -0.0782. The van der Waals surface area contributed by atoms with Crippen molar-refractivity contribution in [2.45, 2.75) is 0 Å². The maximum absolute atomic E-state index is 13.8. The van der Waals surface area contributed by atoms with Gasteiger partial charge >= 0.3 is 0 Å². The minimum atomic E-state index is -0.516. The lowest BCUT2D eigenvalue weighted by atomic mass is 10.3. The first-order valence-corrected chi connectivity index (χ1v) is 6.39. The van der Waals surface area contributed by atoms with Gasteiger partial charge in [0.25, 0.3) is 0 Å². The molecule has 0 bridgehead atoms. The quantitative estimate of drug-likeness (QED) is 0.760. The largest absolute Gasteiger partial charge is 0.338 e. The lowest BCUT2D eigenvalue weighted by Gasteiger charge is -2.09. The van der Waals surface area contributed by atoms with E-state index >= 15 is 0 Å². The van der Waals surface area contributed by atoms with Crippen molar-refractivity contribution in [2.75, 3.05) is 10.6 Å². The van der Waals surface area contributed by atoms with Crippen molar-refractivity contribution < 1.29 is 4.39 Å². The first-order chi connectivity index (χ1) is 10.3. The fourth-order valence-electron chi connectivity index (χ4n) is 1.77. The molecular weight excluding hydrogens is 267 g/mol. The first-order valence-electron chi connectivity index (χ1n) is 6.39. The number of aromatic nitrogens is 2. The van der Waals surface area contributed by atoms with Gasteiger partial charge in [-0.25, -0.2) is 9.37 Å². The van der Waals surface area contributed by atoms with Gasteiger partial charge in [0.15, 0.2) is 11.6 Å². The summed E-state index contributed by atoms with van der Waals surface area (Å²) in [6, 6.07) is 19.5. The van der Waals surface area contributed by atoms with Crippen molar-refractivity contribution in [3.63, 3.8) is 0 Å². The van der Waals surface area contributed by atoms with Gasteiger partial charge in [-0.2, -0.15) is 4.98 Å². The van der Waals surface area contributed by atoms with Gasteiger partial charge in [-0.15, -0.1) is 0 Å². The number of rotatable bonds is 4. The van der Waals surface area contributed by atoms with Crippen LogP contribution in [-0.4, -0.2) is 9.97 Å². The smallest absolute Gasteiger partial charge is 0.229 e. The Morgan fingerprint density at radius 2 is 1.76 bits per heavy atom. The minimum absolute atomic E-state index is 0.114. The average Bonchev–Trinajstić information content (AvgIpc) is 2.53. The van der Waals surface area contributed by atoms with Crippen molar-refractivity contribution >= 4 is 23.1 Å². The van der Waals surface area contributed by atoms with Crippen molar-refractivity contribution in [3.05, 3.63) is 72.7 Å². The van der Waals surface area contributed by atoms with E-state index in [1.54, 1.807) is 12.1 Å². The normalized spacial score (nSPS) is 10.1. The highest BCUT2D eigenvalue weighted by Crippen LogP contribution is 2.19. The molecule has 1 radical (unpaired) electrons. The topological polar surface area (TPSA) is 49.8 Å². The Morgan fingerprint density at radius 3 is 2.52 bits per heavy atom. The molecule has 0 amide bonds. The van der Waals surface area contributed by atoms with Crippen LogP contribution in [-0.2, 0) is 0 Å². The third-order valence-corrected chi connectivity index (χ3v) is 2.74. The van der Waals surface area contributed by atoms with Gasteiger partial charge in [-0.3, -0.25) is 0 Å². The Labute approximate surface area is 121 Å². The van der Waals surface area contributed by atoms with Crippen LogP contribution in [0, 0.1) is 11.9 Å². The van der Waals surface area contributed by atoms with Crippen LogP contribution < -0.4 is 10.6 Å². The van der Waals surface area contributed by atoms with Gasteiger partial charge in [0.2, 0.25) is 5.95 Å². The van der Waals surface area contributed by atoms with Crippen LogP contribution in [0.4, 0.5) is 27.5 Å². The predicted molar refractivity (Wildman–Crippen MR) is 80.3 cm³/mol. The molecule has 2 aromatic carbocycles. The molecule has 2 N–H and O–H groups in total. The summed E-state index contributed by atoms with van der Waals surface area (Å²) in [7, 11) is 0. The summed E-state index contributed by atoms with van der Waals surface area (Å²) < 4.78 is 13.8. The average molecular weight is 279 g/mol. The van der Waals surface area contributed by atoms with Crippen LogP contribution in [0.25, 0.3) is 0 Å². The second kappa shape index (κ2) is 6.00. The van der Waals surface area contributed by atoms with Crippen LogP contribution in [0.2, 0.25) is 0 Å². The van der Waals surface area contributed by atoms with Crippen LogP contribution in [0.1, 0.15) is 0 Å². The van der Waals surface area contributed by atoms with Gasteiger partial charge in [-0.1, -0.05) is 30.3 Å². The fourth-order valence-corrected chi connectivity index (χ4v) is 1.77. The lowest BCUT2D eigenvalue weighted by Crippen LogP contribution is -2.03. The first kappa shape index (κ1) is 13.1. The molecule has 21 heavy (non-hydrogen) atoms. The van der Waals surface area contributed by atoms with Crippen LogP contribution in [0.5, 0.6) is 0 Å². The van der Waals surface area contributed by atoms with Gasteiger partial charge < -0.3 is 10.6 Å². The maximum atomic E-state index is 13.8. The highest BCUT2D eigenvalue weighted by molar-refractivity contribution is 5.59. The summed E-state index contributed by atoms with van der Waals surface area (Å²) in [5.41, 5.74) is 1.55. The molecule has 3 aromatic rings. The van der Waals surface area contributed by atoms with Crippen molar-refractivity contribution in [1.29, 1.82) is 0 Å². The Balaban J connectivity index is 1.83. The maximum Gasteiger partial charge on any atom is 0.229 e. The van der Waals surface area contributed by atoms with E-state index in [1.807, 2.05) is 42.5 Å². The van der Waals surface area contributed by atoms with E-state index < -0.39 is 5.82 Å². The zero-order valence-electron chi connectivity index (χ0n) is 11.0. The number of nitrogens with zero attached hydrogens (tertiary/aromatic N) is 2. The van der Waals surface area contributed by atoms with E-state index in [4.69, 9.17) is 0 Å². The van der Waals surface area contributed by atoms with E-state index in [2.05, 4.69) is 26.7 Å². The molecule has 103 valence electrons. The Hall–Kier alpha value is -2.95. The Morgan fingerprint density at radius 1 is 0.952 bits per heavy atom. The zero-order valence-corrected chi connectivity index (χ0v) is 11.0. The molecule has 0 fully saturated rings. The lowest BCUT2D eigenvalue weighted by molar-refractivity contribution is 0.619. The number of anilines is 4. The number of nitrogens with one attached hydrogen (secondary N) is 2. The van der Waals surface area contributed by atoms with Crippen LogP contribution >= 0.6 is 0 Å². The molecule has 0 spiro atoms. The summed E-state index contributed by atoms with van der Waals surface area (Å²) in [6.45, 7) is 0. The standard InChI is InChI=1S/C16H12FN4/c17-14-11-18-16(20-13-9-5-2-6-10-13)21-15(14)19-12-7-3-1-4-8-12/h1-3,5-11H,(H2,18,19,20,21). The monoisotopic (exact) mass is 279 g/mol. The number of para-hydroxylation sites is 1. The molecular formula is C16H12FN4. The Bertz CT molecular complexity index is 717. The van der Waals surface area contributed by atoms with Crippen molar-refractivity contribution in [3.8, 4) is 0 Å². The van der Waals surface area contributed by atoms with E-state index in [9.17, 15) is 4.39 Å². The van der Waals surface area contributed by atoms with E-state index in [-0.39, 0.29) is 5.82 Å². The van der Waals surface area contributed by atoms with E-state index in [0.717, 1.165) is 11.9 Å². The molecule has 0 saturated heterocycles. The number of hydrogen-bond donors (Lipinski definition) is 2. The molecule has 0 unspecified atom stereocenters. The molecule has 5 heteroatoms. The molecule has 0 atom stereocenters. The molecule has 0 aliphatic rings. The van der Waals surface area contributed by atoms with Crippen molar-refractivity contribution in [1.82, 2.24) is 9.97 Å².